The summed E-state index contributed by atoms with van der Waals surface area (Å²) in [6.45, 7) is 5.77. The van der Waals surface area contributed by atoms with Crippen LogP contribution in [0.25, 0.3) is 0 Å². The molecule has 0 spiro atoms. The number of carbonyl (C=O) groups excluding carboxylic acids is 2. The van der Waals surface area contributed by atoms with Crippen LogP contribution in [0.1, 0.15) is 24.1 Å². The van der Waals surface area contributed by atoms with Gasteiger partial charge in [0.25, 0.3) is 0 Å². The summed E-state index contributed by atoms with van der Waals surface area (Å²) in [7, 11) is 1.94. The van der Waals surface area contributed by atoms with Gasteiger partial charge in [-0.3, -0.25) is 14.5 Å². The number of piperazine rings is 1. The smallest absolute Gasteiger partial charge is 0.239 e. The average Bonchev–Trinajstić information content (AvgIpc) is 2.47. The van der Waals surface area contributed by atoms with Gasteiger partial charge in [0.1, 0.15) is 0 Å². The Morgan fingerprint density at radius 2 is 2.05 bits per heavy atom. The predicted molar refractivity (Wildman–Crippen MR) is 81.8 cm³/mol. The zero-order valence-corrected chi connectivity index (χ0v) is 12.9. The predicted octanol–water partition coefficient (Wildman–Crippen LogP) is 0.946. The molecular weight excluding hydrogens is 266 g/mol. The number of carbonyl (C=O) groups is 2. The minimum atomic E-state index is -0.0798. The molecule has 1 N–H and O–H groups in total. The molecule has 0 saturated carbocycles. The Balaban J connectivity index is 1.93. The Morgan fingerprint density at radius 3 is 2.67 bits per heavy atom. The van der Waals surface area contributed by atoms with E-state index in [-0.39, 0.29) is 24.4 Å². The SMILES string of the molecule is Cc1ccc([C@@H](C)N(C)CC(=O)N2CCNC(=O)C2)cc1. The van der Waals surface area contributed by atoms with E-state index in [4.69, 9.17) is 0 Å². The zero-order chi connectivity index (χ0) is 15.4. The van der Waals surface area contributed by atoms with Crippen LogP contribution in [0.4, 0.5) is 0 Å². The third-order valence-corrected chi connectivity index (χ3v) is 4.00. The maximum Gasteiger partial charge on any atom is 0.239 e. The number of nitrogens with zero attached hydrogens (tertiary/aromatic N) is 2. The second kappa shape index (κ2) is 6.72. The van der Waals surface area contributed by atoms with Crippen molar-refractivity contribution in [2.24, 2.45) is 0 Å². The van der Waals surface area contributed by atoms with Crippen LogP contribution in [0, 0.1) is 6.92 Å². The van der Waals surface area contributed by atoms with Gasteiger partial charge < -0.3 is 10.2 Å². The van der Waals surface area contributed by atoms with E-state index in [1.807, 2.05) is 11.9 Å². The highest BCUT2D eigenvalue weighted by Crippen LogP contribution is 2.19. The summed E-state index contributed by atoms with van der Waals surface area (Å²) in [5.41, 5.74) is 2.41. The molecule has 2 amide bonds. The summed E-state index contributed by atoms with van der Waals surface area (Å²) < 4.78 is 0. The van der Waals surface area contributed by atoms with Gasteiger partial charge in [-0.1, -0.05) is 29.8 Å². The van der Waals surface area contributed by atoms with Crippen molar-refractivity contribution in [2.75, 3.05) is 33.2 Å². The number of rotatable bonds is 4. The quantitative estimate of drug-likeness (QED) is 0.898. The first-order valence-electron chi connectivity index (χ1n) is 7.28. The molecule has 0 unspecified atom stereocenters. The van der Waals surface area contributed by atoms with Crippen LogP contribution in [0.2, 0.25) is 0 Å². The summed E-state index contributed by atoms with van der Waals surface area (Å²) >= 11 is 0. The highest BCUT2D eigenvalue weighted by atomic mass is 16.2. The van der Waals surface area contributed by atoms with E-state index in [0.29, 0.717) is 19.6 Å². The molecule has 1 fully saturated rings. The van der Waals surface area contributed by atoms with Crippen molar-refractivity contribution in [1.29, 1.82) is 0 Å². The average molecular weight is 289 g/mol. The van der Waals surface area contributed by atoms with Crippen molar-refractivity contribution >= 4 is 11.8 Å². The molecule has 1 aromatic rings. The van der Waals surface area contributed by atoms with Gasteiger partial charge in [0.2, 0.25) is 11.8 Å². The number of amides is 2. The first kappa shape index (κ1) is 15.5. The van der Waals surface area contributed by atoms with Gasteiger partial charge in [0.05, 0.1) is 13.1 Å². The molecular formula is C16H23N3O2. The van der Waals surface area contributed by atoms with Crippen molar-refractivity contribution in [3.63, 3.8) is 0 Å². The first-order valence-corrected chi connectivity index (χ1v) is 7.28. The summed E-state index contributed by atoms with van der Waals surface area (Å²) in [5, 5.41) is 2.73. The van der Waals surface area contributed by atoms with Gasteiger partial charge in [-0.2, -0.15) is 0 Å². The Bertz CT molecular complexity index is 513. The molecule has 114 valence electrons. The van der Waals surface area contributed by atoms with Crippen molar-refractivity contribution in [2.45, 2.75) is 19.9 Å². The number of hydrogen-bond donors (Lipinski definition) is 1. The molecule has 0 bridgehead atoms. The largest absolute Gasteiger partial charge is 0.353 e. The summed E-state index contributed by atoms with van der Waals surface area (Å²) in [4.78, 5) is 27.2. The van der Waals surface area contributed by atoms with Crippen LogP contribution in [-0.2, 0) is 9.59 Å². The van der Waals surface area contributed by atoms with Crippen LogP contribution in [0.15, 0.2) is 24.3 Å². The molecule has 0 aliphatic carbocycles. The maximum atomic E-state index is 12.2. The molecule has 1 aliphatic heterocycles. The second-order valence-corrected chi connectivity index (χ2v) is 5.67. The van der Waals surface area contributed by atoms with Crippen LogP contribution in [0.3, 0.4) is 0 Å². The minimum absolute atomic E-state index is 0.00584. The highest BCUT2D eigenvalue weighted by Gasteiger charge is 2.23. The molecule has 5 heteroatoms. The fourth-order valence-corrected chi connectivity index (χ4v) is 2.40. The molecule has 1 aliphatic rings. The van der Waals surface area contributed by atoms with Crippen LogP contribution >= 0.6 is 0 Å². The van der Waals surface area contributed by atoms with Crippen LogP contribution < -0.4 is 5.32 Å². The van der Waals surface area contributed by atoms with Crippen LogP contribution in [-0.4, -0.2) is 54.8 Å². The molecule has 1 atom stereocenters. The van der Waals surface area contributed by atoms with E-state index in [0.717, 1.165) is 0 Å². The lowest BCUT2D eigenvalue weighted by atomic mass is 10.1. The third kappa shape index (κ3) is 4.04. The molecule has 1 aromatic carbocycles. The first-order chi connectivity index (χ1) is 9.97. The fourth-order valence-electron chi connectivity index (χ4n) is 2.40. The second-order valence-electron chi connectivity index (χ2n) is 5.67. The van der Waals surface area contributed by atoms with Gasteiger partial charge in [-0.25, -0.2) is 0 Å². The number of nitrogens with one attached hydrogen (secondary N) is 1. The molecule has 5 nitrogen and oxygen atoms in total. The highest BCUT2D eigenvalue weighted by molar-refractivity contribution is 5.86. The molecule has 21 heavy (non-hydrogen) atoms. The van der Waals surface area contributed by atoms with Gasteiger partial charge >= 0.3 is 0 Å². The van der Waals surface area contributed by atoms with Gasteiger partial charge in [0.15, 0.2) is 0 Å². The van der Waals surface area contributed by atoms with Gasteiger partial charge in [0, 0.05) is 19.1 Å². The van der Waals surface area contributed by atoms with Crippen molar-refractivity contribution in [3.8, 4) is 0 Å². The fraction of sp³-hybridized carbons (Fsp3) is 0.500. The number of hydrogen-bond acceptors (Lipinski definition) is 3. The van der Waals surface area contributed by atoms with E-state index >= 15 is 0 Å². The van der Waals surface area contributed by atoms with Crippen molar-refractivity contribution in [1.82, 2.24) is 15.1 Å². The van der Waals surface area contributed by atoms with E-state index in [1.165, 1.54) is 11.1 Å². The van der Waals surface area contributed by atoms with Gasteiger partial charge in [-0.05, 0) is 26.5 Å². The standard InChI is InChI=1S/C16H23N3O2/c1-12-4-6-14(7-5-12)13(2)18(3)11-16(21)19-9-8-17-15(20)10-19/h4-7,13H,8-11H2,1-3H3,(H,17,20)/t13-/m1/s1. The molecule has 2 rings (SSSR count). The molecule has 1 saturated heterocycles. The lowest BCUT2D eigenvalue weighted by Crippen LogP contribution is -2.52. The Labute approximate surface area is 125 Å². The van der Waals surface area contributed by atoms with E-state index < -0.39 is 0 Å². The zero-order valence-electron chi connectivity index (χ0n) is 12.9. The van der Waals surface area contributed by atoms with Crippen molar-refractivity contribution < 1.29 is 9.59 Å². The summed E-state index contributed by atoms with van der Waals surface area (Å²) in [6, 6.07) is 8.51. The Kier molecular flexibility index (Phi) is 4.96. The van der Waals surface area contributed by atoms with E-state index in [1.54, 1.807) is 4.90 Å². The maximum absolute atomic E-state index is 12.2. The molecule has 1 heterocycles. The number of aryl methyl sites for hydroxylation is 1. The summed E-state index contributed by atoms with van der Waals surface area (Å²) in [5.74, 6) is -0.0739. The lowest BCUT2D eigenvalue weighted by Gasteiger charge is -2.30. The number of likely N-dealkylation sites (N-methyl/N-ethyl adjacent to an activating group) is 1. The Morgan fingerprint density at radius 1 is 1.38 bits per heavy atom. The van der Waals surface area contributed by atoms with E-state index in [9.17, 15) is 9.59 Å². The minimum Gasteiger partial charge on any atom is -0.353 e. The van der Waals surface area contributed by atoms with Crippen LogP contribution in [0.5, 0.6) is 0 Å². The molecule has 0 radical (unpaired) electrons. The third-order valence-electron chi connectivity index (χ3n) is 4.00. The molecule has 0 aromatic heterocycles. The number of benzene rings is 1. The lowest BCUT2D eigenvalue weighted by molar-refractivity contribution is -0.139. The topological polar surface area (TPSA) is 52.7 Å². The normalized spacial score (nSPS) is 16.8. The summed E-state index contributed by atoms with van der Waals surface area (Å²) in [6.07, 6.45) is 0. The monoisotopic (exact) mass is 289 g/mol. The Hall–Kier alpha value is -1.88. The van der Waals surface area contributed by atoms with E-state index in [2.05, 4.69) is 43.4 Å². The van der Waals surface area contributed by atoms with Gasteiger partial charge in [-0.15, -0.1) is 0 Å². The van der Waals surface area contributed by atoms with Crippen molar-refractivity contribution in [3.05, 3.63) is 35.4 Å².